The first-order valence-electron chi connectivity index (χ1n) is 11.9. The number of pyridine rings is 3. The SMILES string of the molecule is COc1ccc(CCc2ccc(Cc3cn(S(=O)(=O)c4ccccc4)c4ncc(Cl)cc34)cn2)c(OC)n1. The van der Waals surface area contributed by atoms with Crippen LogP contribution in [0, 0.1) is 0 Å². The highest BCUT2D eigenvalue weighted by molar-refractivity contribution is 7.90. The number of aromatic nitrogens is 4. The lowest BCUT2D eigenvalue weighted by molar-refractivity contribution is 0.361. The predicted octanol–water partition coefficient (Wildman–Crippen LogP) is 5.11. The fourth-order valence-electron chi connectivity index (χ4n) is 4.27. The van der Waals surface area contributed by atoms with Gasteiger partial charge in [-0.1, -0.05) is 35.9 Å². The van der Waals surface area contributed by atoms with Gasteiger partial charge in [-0.15, -0.1) is 0 Å². The largest absolute Gasteiger partial charge is 0.481 e. The smallest absolute Gasteiger partial charge is 0.269 e. The molecule has 0 N–H and O–H groups in total. The van der Waals surface area contributed by atoms with Gasteiger partial charge in [-0.2, -0.15) is 4.98 Å². The van der Waals surface area contributed by atoms with Gasteiger partial charge in [0.25, 0.3) is 10.0 Å². The number of benzene rings is 1. The Morgan fingerprint density at radius 3 is 2.42 bits per heavy atom. The number of fused-ring (bicyclic) bond motifs is 1. The Morgan fingerprint density at radius 1 is 0.895 bits per heavy atom. The number of ether oxygens (including phenoxy) is 2. The van der Waals surface area contributed by atoms with Gasteiger partial charge in [0.1, 0.15) is 0 Å². The van der Waals surface area contributed by atoms with E-state index in [1.807, 2.05) is 30.5 Å². The summed E-state index contributed by atoms with van der Waals surface area (Å²) in [4.78, 5) is 13.5. The number of hydrogen-bond acceptors (Lipinski definition) is 7. The monoisotopic (exact) mass is 548 g/mol. The average Bonchev–Trinajstić information content (AvgIpc) is 3.31. The van der Waals surface area contributed by atoms with Crippen LogP contribution >= 0.6 is 11.6 Å². The molecule has 1 aromatic carbocycles. The van der Waals surface area contributed by atoms with Gasteiger partial charge in [-0.3, -0.25) is 4.98 Å². The van der Waals surface area contributed by atoms with Gasteiger partial charge in [-0.05, 0) is 54.3 Å². The van der Waals surface area contributed by atoms with E-state index in [4.69, 9.17) is 21.1 Å². The molecule has 0 aliphatic rings. The maximum Gasteiger partial charge on any atom is 0.269 e. The summed E-state index contributed by atoms with van der Waals surface area (Å²) in [5, 5.41) is 1.12. The van der Waals surface area contributed by atoms with E-state index in [0.717, 1.165) is 22.4 Å². The molecule has 0 bridgehead atoms. The molecule has 0 atom stereocenters. The zero-order chi connectivity index (χ0) is 26.7. The van der Waals surface area contributed by atoms with Gasteiger partial charge < -0.3 is 9.47 Å². The van der Waals surface area contributed by atoms with Gasteiger partial charge >= 0.3 is 0 Å². The summed E-state index contributed by atoms with van der Waals surface area (Å²) in [6.07, 6.45) is 6.77. The fourth-order valence-corrected chi connectivity index (χ4v) is 5.79. The van der Waals surface area contributed by atoms with Crippen molar-refractivity contribution in [2.45, 2.75) is 24.2 Å². The Balaban J connectivity index is 1.38. The van der Waals surface area contributed by atoms with Gasteiger partial charge in [0.05, 0.1) is 24.1 Å². The van der Waals surface area contributed by atoms with Crippen molar-refractivity contribution in [3.05, 3.63) is 107 Å². The van der Waals surface area contributed by atoms with Crippen molar-refractivity contribution in [3.8, 4) is 11.8 Å². The Morgan fingerprint density at radius 2 is 1.71 bits per heavy atom. The third-order valence-electron chi connectivity index (χ3n) is 6.21. The molecule has 5 rings (SSSR count). The Hall–Kier alpha value is -3.95. The molecule has 0 aliphatic carbocycles. The van der Waals surface area contributed by atoms with Crippen molar-refractivity contribution >= 4 is 32.7 Å². The molecule has 8 nitrogen and oxygen atoms in total. The van der Waals surface area contributed by atoms with Gasteiger partial charge in [-0.25, -0.2) is 17.4 Å². The van der Waals surface area contributed by atoms with Crippen LogP contribution in [-0.4, -0.2) is 41.6 Å². The maximum atomic E-state index is 13.4. The first-order valence-corrected chi connectivity index (χ1v) is 13.7. The molecule has 0 fully saturated rings. The molecule has 0 saturated heterocycles. The standard InChI is InChI=1S/C28H25ClN4O4S/c1-36-26-13-10-20(28(32-26)37-2)9-12-23-11-8-19(16-30-23)14-21-18-33(27-25(21)15-22(29)17-31-27)38(34,35)24-6-4-3-5-7-24/h3-8,10-11,13,15-18H,9,12,14H2,1-2H3. The number of halogens is 1. The van der Waals surface area contributed by atoms with Crippen LogP contribution in [0.3, 0.4) is 0 Å². The van der Waals surface area contributed by atoms with Crippen molar-refractivity contribution in [2.75, 3.05) is 14.2 Å². The lowest BCUT2D eigenvalue weighted by Gasteiger charge is -2.09. The number of methoxy groups -OCH3 is 2. The lowest BCUT2D eigenvalue weighted by atomic mass is 10.1. The predicted molar refractivity (Wildman–Crippen MR) is 146 cm³/mol. The summed E-state index contributed by atoms with van der Waals surface area (Å²) in [6.45, 7) is 0. The minimum absolute atomic E-state index is 0.190. The Bertz CT molecular complexity index is 1690. The summed E-state index contributed by atoms with van der Waals surface area (Å²) >= 11 is 6.22. The summed E-state index contributed by atoms with van der Waals surface area (Å²) in [5.41, 5.74) is 3.95. The van der Waals surface area contributed by atoms with Gasteiger partial charge in [0.15, 0.2) is 5.65 Å². The Labute approximate surface area is 225 Å². The highest BCUT2D eigenvalue weighted by Gasteiger charge is 2.22. The van der Waals surface area contributed by atoms with Crippen molar-refractivity contribution in [1.29, 1.82) is 0 Å². The molecule has 0 unspecified atom stereocenters. The van der Waals surface area contributed by atoms with E-state index in [1.54, 1.807) is 56.8 Å². The quantitative estimate of drug-likeness (QED) is 0.252. The topological polar surface area (TPSA) is 96.2 Å². The van der Waals surface area contributed by atoms with E-state index in [-0.39, 0.29) is 4.90 Å². The summed E-state index contributed by atoms with van der Waals surface area (Å²) in [7, 11) is -0.674. The minimum Gasteiger partial charge on any atom is -0.481 e. The van der Waals surface area contributed by atoms with Crippen LogP contribution in [0.25, 0.3) is 11.0 Å². The Kier molecular flexibility index (Phi) is 7.31. The van der Waals surface area contributed by atoms with Gasteiger partial charge in [0.2, 0.25) is 11.8 Å². The van der Waals surface area contributed by atoms with E-state index < -0.39 is 10.0 Å². The normalized spacial score (nSPS) is 11.6. The molecule has 194 valence electrons. The van der Waals surface area contributed by atoms with Crippen LogP contribution in [0.4, 0.5) is 0 Å². The molecule has 38 heavy (non-hydrogen) atoms. The highest BCUT2D eigenvalue weighted by Crippen LogP contribution is 2.28. The van der Waals surface area contributed by atoms with E-state index in [1.165, 1.54) is 10.2 Å². The molecule has 0 aliphatic heterocycles. The molecular formula is C28H25ClN4O4S. The molecule has 5 aromatic rings. The first kappa shape index (κ1) is 25.7. The molecule has 4 aromatic heterocycles. The number of rotatable bonds is 9. The first-order chi connectivity index (χ1) is 18.4. The van der Waals surface area contributed by atoms with E-state index in [2.05, 4.69) is 15.0 Å². The molecular weight excluding hydrogens is 524 g/mol. The van der Waals surface area contributed by atoms with Crippen LogP contribution in [0.1, 0.15) is 22.4 Å². The highest BCUT2D eigenvalue weighted by atomic mass is 35.5. The molecule has 0 radical (unpaired) electrons. The second-order valence-corrected chi connectivity index (χ2v) is 10.9. The van der Waals surface area contributed by atoms with E-state index in [0.29, 0.717) is 47.1 Å². The summed E-state index contributed by atoms with van der Waals surface area (Å²) in [5.74, 6) is 1.04. The van der Waals surface area contributed by atoms with E-state index in [9.17, 15) is 8.42 Å². The lowest BCUT2D eigenvalue weighted by Crippen LogP contribution is -2.12. The second-order valence-electron chi connectivity index (χ2n) is 8.65. The van der Waals surface area contributed by atoms with Crippen molar-refractivity contribution in [3.63, 3.8) is 0 Å². The van der Waals surface area contributed by atoms with Crippen molar-refractivity contribution in [1.82, 2.24) is 18.9 Å². The zero-order valence-corrected chi connectivity index (χ0v) is 22.4. The third kappa shape index (κ3) is 5.20. The average molecular weight is 549 g/mol. The van der Waals surface area contributed by atoms with Crippen molar-refractivity contribution in [2.24, 2.45) is 0 Å². The molecule has 4 heterocycles. The number of nitrogens with zero attached hydrogens (tertiary/aromatic N) is 4. The number of hydrogen-bond donors (Lipinski definition) is 0. The molecule has 10 heteroatoms. The minimum atomic E-state index is -3.83. The van der Waals surface area contributed by atoms with Gasteiger partial charge in [0, 0.05) is 47.7 Å². The van der Waals surface area contributed by atoms with Crippen molar-refractivity contribution < 1.29 is 17.9 Å². The number of aryl methyl sites for hydroxylation is 2. The van der Waals surface area contributed by atoms with Crippen LogP contribution in [0.5, 0.6) is 11.8 Å². The summed E-state index contributed by atoms with van der Waals surface area (Å²) in [6, 6.07) is 17.8. The molecule has 0 saturated carbocycles. The van der Waals surface area contributed by atoms with E-state index >= 15 is 0 Å². The molecule has 0 spiro atoms. The third-order valence-corrected chi connectivity index (χ3v) is 8.08. The van der Waals surface area contributed by atoms with Crippen LogP contribution < -0.4 is 9.47 Å². The second kappa shape index (κ2) is 10.8. The summed E-state index contributed by atoms with van der Waals surface area (Å²) < 4.78 is 38.5. The zero-order valence-electron chi connectivity index (χ0n) is 20.8. The van der Waals surface area contributed by atoms with Crippen LogP contribution in [0.2, 0.25) is 5.02 Å². The molecule has 0 amide bonds. The van der Waals surface area contributed by atoms with Crippen LogP contribution in [0.15, 0.2) is 84.1 Å². The van der Waals surface area contributed by atoms with Crippen LogP contribution in [-0.2, 0) is 29.3 Å². The maximum absolute atomic E-state index is 13.4. The fraction of sp³-hybridized carbons (Fsp3) is 0.179.